The second-order valence-corrected chi connectivity index (χ2v) is 9.14. The van der Waals surface area contributed by atoms with Crippen molar-refractivity contribution < 1.29 is 24.0 Å². The average Bonchev–Trinajstić information content (AvgIpc) is 2.82. The number of hydrogen-bond acceptors (Lipinski definition) is 5. The Bertz CT molecular complexity index is 815. The van der Waals surface area contributed by atoms with Crippen LogP contribution >= 0.6 is 0 Å². The molecule has 9 heteroatoms. The third kappa shape index (κ3) is 9.13. The molecule has 1 heterocycles. The van der Waals surface area contributed by atoms with Crippen LogP contribution in [0.15, 0.2) is 30.3 Å². The summed E-state index contributed by atoms with van der Waals surface area (Å²) in [6.07, 6.45) is 2.57. The van der Waals surface area contributed by atoms with Gasteiger partial charge in [-0.15, -0.1) is 0 Å². The first-order valence-electron chi connectivity index (χ1n) is 12.1. The first kappa shape index (κ1) is 27.3. The Balaban J connectivity index is 2.22. The van der Waals surface area contributed by atoms with Gasteiger partial charge in [0.15, 0.2) is 0 Å². The van der Waals surface area contributed by atoms with Crippen molar-refractivity contribution in [2.45, 2.75) is 65.0 Å². The van der Waals surface area contributed by atoms with E-state index in [-0.39, 0.29) is 43.1 Å². The summed E-state index contributed by atoms with van der Waals surface area (Å²) < 4.78 is 0. The van der Waals surface area contributed by atoms with E-state index in [2.05, 4.69) is 21.4 Å². The maximum Gasteiger partial charge on any atom is 0.247 e. The van der Waals surface area contributed by atoms with Gasteiger partial charge in [0.2, 0.25) is 23.6 Å². The monoisotopic (exact) mass is 474 g/mol. The van der Waals surface area contributed by atoms with E-state index in [4.69, 9.17) is 4.84 Å². The second kappa shape index (κ2) is 14.3. The van der Waals surface area contributed by atoms with Crippen molar-refractivity contribution in [1.29, 1.82) is 0 Å². The van der Waals surface area contributed by atoms with Gasteiger partial charge >= 0.3 is 0 Å². The Morgan fingerprint density at radius 1 is 1.09 bits per heavy atom. The van der Waals surface area contributed by atoms with E-state index in [1.807, 2.05) is 44.2 Å². The Kier molecular flexibility index (Phi) is 11.5. The third-order valence-corrected chi connectivity index (χ3v) is 5.94. The van der Waals surface area contributed by atoms with E-state index in [0.29, 0.717) is 32.2 Å². The van der Waals surface area contributed by atoms with E-state index in [1.165, 1.54) is 7.05 Å². The standard InChI is InChI=1S/C25H38N4O5/c1-17(2)15-20-19(24(32)29-34-16-18-9-5-4-6-10-18)12-13-22(30)27-14-8-7-11-21(25(33)26-3)28-23(20)31/h4-6,9-10,17,19-21H,7-8,11-16H2,1-3H3,(H,26,33)(H,27,30)(H,28,31)(H,29,32)/t19-,20+,21-/m0/s1. The van der Waals surface area contributed by atoms with Gasteiger partial charge in [0.25, 0.3) is 0 Å². The molecule has 4 N–H and O–H groups in total. The Morgan fingerprint density at radius 3 is 2.50 bits per heavy atom. The topological polar surface area (TPSA) is 126 Å². The Hall–Kier alpha value is -2.94. The van der Waals surface area contributed by atoms with Crippen LogP contribution in [-0.2, 0) is 30.6 Å². The molecule has 1 aromatic carbocycles. The second-order valence-electron chi connectivity index (χ2n) is 9.14. The molecule has 1 aliphatic rings. The van der Waals surface area contributed by atoms with Crippen molar-refractivity contribution in [2.75, 3.05) is 13.6 Å². The molecule has 0 spiro atoms. The zero-order valence-electron chi connectivity index (χ0n) is 20.4. The van der Waals surface area contributed by atoms with Gasteiger partial charge in [0.05, 0.1) is 12.5 Å². The fourth-order valence-corrected chi connectivity index (χ4v) is 4.12. The normalized spacial score (nSPS) is 22.4. The average molecular weight is 475 g/mol. The Morgan fingerprint density at radius 2 is 1.82 bits per heavy atom. The van der Waals surface area contributed by atoms with E-state index in [1.54, 1.807) is 0 Å². The predicted octanol–water partition coefficient (Wildman–Crippen LogP) is 1.82. The lowest BCUT2D eigenvalue weighted by Gasteiger charge is -2.28. The van der Waals surface area contributed by atoms with Crippen LogP contribution in [0, 0.1) is 17.8 Å². The lowest BCUT2D eigenvalue weighted by Crippen LogP contribution is -2.50. The van der Waals surface area contributed by atoms with Crippen molar-refractivity contribution in [3.8, 4) is 0 Å². The molecule has 0 unspecified atom stereocenters. The van der Waals surface area contributed by atoms with Crippen LogP contribution in [-0.4, -0.2) is 43.3 Å². The quantitative estimate of drug-likeness (QED) is 0.449. The molecule has 1 aliphatic heterocycles. The van der Waals surface area contributed by atoms with Crippen LogP contribution in [0.3, 0.4) is 0 Å². The van der Waals surface area contributed by atoms with Crippen LogP contribution in [0.4, 0.5) is 0 Å². The number of carbonyl (C=O) groups excluding carboxylic acids is 4. The van der Waals surface area contributed by atoms with Gasteiger partial charge < -0.3 is 16.0 Å². The molecule has 0 saturated carbocycles. The van der Waals surface area contributed by atoms with Gasteiger partial charge in [-0.1, -0.05) is 44.2 Å². The molecule has 1 aromatic rings. The molecule has 0 bridgehead atoms. The van der Waals surface area contributed by atoms with Crippen LogP contribution < -0.4 is 21.4 Å². The smallest absolute Gasteiger partial charge is 0.247 e. The number of carbonyl (C=O) groups is 4. The minimum atomic E-state index is -0.782. The molecule has 9 nitrogen and oxygen atoms in total. The molecule has 3 atom stereocenters. The summed E-state index contributed by atoms with van der Waals surface area (Å²) in [6, 6.07) is 8.70. The molecule has 2 rings (SSSR count). The lowest BCUT2D eigenvalue weighted by molar-refractivity contribution is -0.146. The molecule has 1 fully saturated rings. The van der Waals surface area contributed by atoms with Gasteiger partial charge in [-0.05, 0) is 43.6 Å². The first-order valence-corrected chi connectivity index (χ1v) is 12.1. The SMILES string of the molecule is CNC(=O)[C@@H]1CCCCNC(=O)CC[C@H](C(=O)NOCc2ccccc2)[C@@H](CC(C)C)C(=O)N1. The number of amides is 4. The predicted molar refractivity (Wildman–Crippen MR) is 128 cm³/mol. The summed E-state index contributed by atoms with van der Waals surface area (Å²) in [5, 5.41) is 8.32. The first-order chi connectivity index (χ1) is 16.3. The number of nitrogens with one attached hydrogen (secondary N) is 4. The van der Waals surface area contributed by atoms with Gasteiger partial charge in [-0.25, -0.2) is 5.48 Å². The molecule has 4 amide bonds. The molecule has 0 aliphatic carbocycles. The molecule has 34 heavy (non-hydrogen) atoms. The minimum Gasteiger partial charge on any atom is -0.357 e. The summed E-state index contributed by atoms with van der Waals surface area (Å²) in [4.78, 5) is 56.7. The number of hydroxylamine groups is 1. The van der Waals surface area contributed by atoms with Gasteiger partial charge in [0.1, 0.15) is 6.04 Å². The highest BCUT2D eigenvalue weighted by Gasteiger charge is 2.36. The molecule has 0 aromatic heterocycles. The molecular weight excluding hydrogens is 436 g/mol. The van der Waals surface area contributed by atoms with Crippen molar-refractivity contribution in [2.24, 2.45) is 17.8 Å². The number of benzene rings is 1. The highest BCUT2D eigenvalue weighted by molar-refractivity contribution is 5.91. The molecule has 1 saturated heterocycles. The zero-order chi connectivity index (χ0) is 24.9. The summed E-state index contributed by atoms with van der Waals surface area (Å²) >= 11 is 0. The van der Waals surface area contributed by atoms with Gasteiger partial charge in [-0.3, -0.25) is 24.0 Å². The van der Waals surface area contributed by atoms with Crippen molar-refractivity contribution in [1.82, 2.24) is 21.4 Å². The van der Waals surface area contributed by atoms with E-state index >= 15 is 0 Å². The molecular formula is C25H38N4O5. The van der Waals surface area contributed by atoms with Crippen LogP contribution in [0.25, 0.3) is 0 Å². The van der Waals surface area contributed by atoms with E-state index in [0.717, 1.165) is 5.56 Å². The van der Waals surface area contributed by atoms with Crippen LogP contribution in [0.1, 0.15) is 57.9 Å². The molecule has 0 radical (unpaired) electrons. The Labute approximate surface area is 201 Å². The van der Waals surface area contributed by atoms with Crippen LogP contribution in [0.5, 0.6) is 0 Å². The van der Waals surface area contributed by atoms with Crippen molar-refractivity contribution in [3.05, 3.63) is 35.9 Å². The van der Waals surface area contributed by atoms with Crippen molar-refractivity contribution in [3.63, 3.8) is 0 Å². The maximum absolute atomic E-state index is 13.4. The summed E-state index contributed by atoms with van der Waals surface area (Å²) in [7, 11) is 1.53. The zero-order valence-corrected chi connectivity index (χ0v) is 20.4. The lowest BCUT2D eigenvalue weighted by atomic mass is 9.81. The third-order valence-electron chi connectivity index (χ3n) is 5.94. The summed E-state index contributed by atoms with van der Waals surface area (Å²) in [6.45, 7) is 4.61. The van der Waals surface area contributed by atoms with Crippen LogP contribution in [0.2, 0.25) is 0 Å². The summed E-state index contributed by atoms with van der Waals surface area (Å²) in [5.74, 6) is -2.60. The van der Waals surface area contributed by atoms with E-state index < -0.39 is 23.8 Å². The van der Waals surface area contributed by atoms with Gasteiger partial charge in [0, 0.05) is 25.9 Å². The number of likely N-dealkylation sites (N-methyl/N-ethyl adjacent to an activating group) is 1. The fraction of sp³-hybridized carbons (Fsp3) is 0.600. The largest absolute Gasteiger partial charge is 0.357 e. The summed E-state index contributed by atoms with van der Waals surface area (Å²) in [5.41, 5.74) is 3.37. The maximum atomic E-state index is 13.4. The molecule has 188 valence electrons. The minimum absolute atomic E-state index is 0.123. The van der Waals surface area contributed by atoms with Crippen molar-refractivity contribution >= 4 is 23.6 Å². The van der Waals surface area contributed by atoms with Gasteiger partial charge in [-0.2, -0.15) is 0 Å². The highest BCUT2D eigenvalue weighted by Crippen LogP contribution is 2.26. The number of hydrogen-bond donors (Lipinski definition) is 4. The number of rotatable bonds is 7. The van der Waals surface area contributed by atoms with E-state index in [9.17, 15) is 19.2 Å². The highest BCUT2D eigenvalue weighted by atomic mass is 16.6. The fourth-order valence-electron chi connectivity index (χ4n) is 4.12.